The topological polar surface area (TPSA) is 40.6 Å². The van der Waals surface area contributed by atoms with Crippen LogP contribution in [0.25, 0.3) is 0 Å². The third-order valence-corrected chi connectivity index (χ3v) is 7.25. The lowest BCUT2D eigenvalue weighted by molar-refractivity contribution is -0.144. The van der Waals surface area contributed by atoms with E-state index in [1.165, 1.54) is 17.5 Å². The number of carbonyl (C=O) groups excluding carboxylic acids is 2. The molecule has 4 nitrogen and oxygen atoms in total. The SMILES string of the molecule is CCC1CCCCN1C(=O)C1CCC(C(=O)N2CCc3ccccc3C2)CC1. The van der Waals surface area contributed by atoms with E-state index in [1.54, 1.807) is 0 Å². The van der Waals surface area contributed by atoms with Crippen LogP contribution in [0.2, 0.25) is 0 Å². The summed E-state index contributed by atoms with van der Waals surface area (Å²) in [4.78, 5) is 30.4. The van der Waals surface area contributed by atoms with Crippen molar-refractivity contribution in [3.05, 3.63) is 35.4 Å². The molecule has 1 saturated heterocycles. The molecule has 1 unspecified atom stereocenters. The minimum Gasteiger partial charge on any atom is -0.339 e. The van der Waals surface area contributed by atoms with Crippen molar-refractivity contribution in [2.24, 2.45) is 11.8 Å². The highest BCUT2D eigenvalue weighted by atomic mass is 16.2. The minimum absolute atomic E-state index is 0.109. The van der Waals surface area contributed by atoms with Crippen molar-refractivity contribution in [2.75, 3.05) is 13.1 Å². The summed E-state index contributed by atoms with van der Waals surface area (Å²) in [5, 5.41) is 0. The molecule has 0 bridgehead atoms. The predicted molar refractivity (Wildman–Crippen MR) is 111 cm³/mol. The van der Waals surface area contributed by atoms with E-state index in [1.807, 2.05) is 4.90 Å². The molecule has 1 aliphatic carbocycles. The van der Waals surface area contributed by atoms with Crippen molar-refractivity contribution in [1.82, 2.24) is 9.80 Å². The van der Waals surface area contributed by atoms with Crippen LogP contribution in [-0.4, -0.2) is 40.7 Å². The van der Waals surface area contributed by atoms with Gasteiger partial charge >= 0.3 is 0 Å². The van der Waals surface area contributed by atoms with Crippen LogP contribution in [0.4, 0.5) is 0 Å². The molecule has 152 valence electrons. The maximum absolute atomic E-state index is 13.1. The van der Waals surface area contributed by atoms with Crippen molar-refractivity contribution >= 4 is 11.8 Å². The quantitative estimate of drug-likeness (QED) is 0.787. The summed E-state index contributed by atoms with van der Waals surface area (Å²) in [5.41, 5.74) is 2.68. The molecule has 2 fully saturated rings. The normalized spacial score (nSPS) is 28.0. The molecular formula is C24H34N2O2. The van der Waals surface area contributed by atoms with E-state index in [0.717, 1.165) is 71.0 Å². The molecule has 0 spiro atoms. The average Bonchev–Trinajstić information content (AvgIpc) is 2.77. The number of hydrogen-bond acceptors (Lipinski definition) is 2. The first-order valence-electron chi connectivity index (χ1n) is 11.3. The van der Waals surface area contributed by atoms with Crippen LogP contribution < -0.4 is 0 Å². The van der Waals surface area contributed by atoms with Crippen molar-refractivity contribution in [3.8, 4) is 0 Å². The lowest BCUT2D eigenvalue weighted by Crippen LogP contribution is -2.47. The number of nitrogens with zero attached hydrogens (tertiary/aromatic N) is 2. The molecule has 28 heavy (non-hydrogen) atoms. The molecule has 0 N–H and O–H groups in total. The lowest BCUT2D eigenvalue weighted by Gasteiger charge is -2.39. The summed E-state index contributed by atoms with van der Waals surface area (Å²) in [5.74, 6) is 0.921. The summed E-state index contributed by atoms with van der Waals surface area (Å²) in [6.45, 7) is 4.71. The van der Waals surface area contributed by atoms with E-state index >= 15 is 0 Å². The van der Waals surface area contributed by atoms with Gasteiger partial charge in [-0.15, -0.1) is 0 Å². The second-order valence-electron chi connectivity index (χ2n) is 8.92. The Labute approximate surface area is 169 Å². The second kappa shape index (κ2) is 8.67. The fraction of sp³-hybridized carbons (Fsp3) is 0.667. The van der Waals surface area contributed by atoms with Crippen molar-refractivity contribution in [1.29, 1.82) is 0 Å². The number of amides is 2. The third-order valence-electron chi connectivity index (χ3n) is 7.25. The summed E-state index contributed by atoms with van der Waals surface area (Å²) >= 11 is 0. The van der Waals surface area contributed by atoms with Gasteiger partial charge in [0.25, 0.3) is 0 Å². The van der Waals surface area contributed by atoms with Crippen LogP contribution in [0.5, 0.6) is 0 Å². The number of rotatable bonds is 3. The zero-order valence-electron chi connectivity index (χ0n) is 17.2. The van der Waals surface area contributed by atoms with E-state index in [0.29, 0.717) is 17.9 Å². The summed E-state index contributed by atoms with van der Waals surface area (Å²) < 4.78 is 0. The fourth-order valence-corrected chi connectivity index (χ4v) is 5.48. The summed E-state index contributed by atoms with van der Waals surface area (Å²) in [6.07, 6.45) is 9.09. The molecule has 1 saturated carbocycles. The van der Waals surface area contributed by atoms with Gasteiger partial charge in [0.05, 0.1) is 0 Å². The minimum atomic E-state index is 0.109. The molecule has 0 aromatic heterocycles. The molecule has 1 aromatic rings. The third kappa shape index (κ3) is 3.97. The average molecular weight is 383 g/mol. The Morgan fingerprint density at radius 3 is 2.29 bits per heavy atom. The first-order chi connectivity index (χ1) is 13.7. The van der Waals surface area contributed by atoms with Crippen LogP contribution in [0.1, 0.15) is 69.4 Å². The van der Waals surface area contributed by atoms with Crippen LogP contribution in [0, 0.1) is 11.8 Å². The van der Waals surface area contributed by atoms with Gasteiger partial charge in [-0.05, 0) is 68.9 Å². The van der Waals surface area contributed by atoms with E-state index in [9.17, 15) is 9.59 Å². The van der Waals surface area contributed by atoms with Gasteiger partial charge in [-0.1, -0.05) is 31.2 Å². The van der Waals surface area contributed by atoms with Gasteiger partial charge in [0.2, 0.25) is 11.8 Å². The molecule has 2 heterocycles. The van der Waals surface area contributed by atoms with Gasteiger partial charge < -0.3 is 9.80 Å². The second-order valence-corrected chi connectivity index (χ2v) is 8.92. The monoisotopic (exact) mass is 382 g/mol. The highest BCUT2D eigenvalue weighted by Gasteiger charge is 2.36. The van der Waals surface area contributed by atoms with E-state index in [-0.39, 0.29) is 11.8 Å². The first-order valence-corrected chi connectivity index (χ1v) is 11.3. The summed E-state index contributed by atoms with van der Waals surface area (Å²) in [7, 11) is 0. The van der Waals surface area contributed by atoms with Gasteiger partial charge in [0.1, 0.15) is 0 Å². The largest absolute Gasteiger partial charge is 0.339 e. The maximum atomic E-state index is 13.1. The summed E-state index contributed by atoms with van der Waals surface area (Å²) in [6, 6.07) is 8.91. The Bertz CT molecular complexity index is 708. The van der Waals surface area contributed by atoms with Gasteiger partial charge in [0.15, 0.2) is 0 Å². The highest BCUT2D eigenvalue weighted by molar-refractivity contribution is 5.81. The first kappa shape index (κ1) is 19.5. The molecule has 3 aliphatic rings. The van der Waals surface area contributed by atoms with Crippen LogP contribution >= 0.6 is 0 Å². The Kier molecular flexibility index (Phi) is 6.03. The van der Waals surface area contributed by atoms with Crippen LogP contribution in [-0.2, 0) is 22.6 Å². The molecular weight excluding hydrogens is 348 g/mol. The van der Waals surface area contributed by atoms with Crippen molar-refractivity contribution < 1.29 is 9.59 Å². The van der Waals surface area contributed by atoms with Gasteiger partial charge in [-0.25, -0.2) is 0 Å². The molecule has 4 heteroatoms. The predicted octanol–water partition coefficient (Wildman–Crippen LogP) is 4.17. The van der Waals surface area contributed by atoms with E-state index in [4.69, 9.17) is 0 Å². The molecule has 4 rings (SSSR count). The number of hydrogen-bond donors (Lipinski definition) is 0. The van der Waals surface area contributed by atoms with Crippen LogP contribution in [0.3, 0.4) is 0 Å². The molecule has 1 atom stereocenters. The Morgan fingerprint density at radius 1 is 0.893 bits per heavy atom. The standard InChI is InChI=1S/C24H34N2O2/c1-2-22-9-5-6-15-26(22)24(28)20-12-10-19(11-13-20)23(27)25-16-14-18-7-3-4-8-21(18)17-25/h3-4,7-8,19-20,22H,2,5-6,9-17H2,1H3. The molecule has 0 radical (unpaired) electrons. The van der Waals surface area contributed by atoms with Crippen molar-refractivity contribution in [3.63, 3.8) is 0 Å². The number of piperidine rings is 1. The zero-order chi connectivity index (χ0) is 19.5. The fourth-order valence-electron chi connectivity index (χ4n) is 5.48. The maximum Gasteiger partial charge on any atom is 0.225 e. The number of benzene rings is 1. The molecule has 1 aromatic carbocycles. The Hall–Kier alpha value is -1.84. The smallest absolute Gasteiger partial charge is 0.225 e. The number of carbonyl (C=O) groups is 2. The zero-order valence-corrected chi connectivity index (χ0v) is 17.2. The molecule has 2 aliphatic heterocycles. The molecule has 2 amide bonds. The Balaban J connectivity index is 1.31. The lowest BCUT2D eigenvalue weighted by atomic mass is 9.80. The van der Waals surface area contributed by atoms with E-state index < -0.39 is 0 Å². The van der Waals surface area contributed by atoms with E-state index in [2.05, 4.69) is 36.1 Å². The van der Waals surface area contributed by atoms with Gasteiger partial charge in [0, 0.05) is 37.5 Å². The van der Waals surface area contributed by atoms with Gasteiger partial charge in [-0.3, -0.25) is 9.59 Å². The van der Waals surface area contributed by atoms with Gasteiger partial charge in [-0.2, -0.15) is 0 Å². The Morgan fingerprint density at radius 2 is 1.57 bits per heavy atom. The van der Waals surface area contributed by atoms with Crippen LogP contribution in [0.15, 0.2) is 24.3 Å². The number of likely N-dealkylation sites (tertiary alicyclic amines) is 1. The van der Waals surface area contributed by atoms with Crippen molar-refractivity contribution in [2.45, 2.75) is 77.3 Å². The number of fused-ring (bicyclic) bond motifs is 1. The highest BCUT2D eigenvalue weighted by Crippen LogP contribution is 2.34.